The van der Waals surface area contributed by atoms with Gasteiger partial charge in [-0.3, -0.25) is 15.3 Å². The van der Waals surface area contributed by atoms with Crippen LogP contribution >= 0.6 is 0 Å². The highest BCUT2D eigenvalue weighted by molar-refractivity contribution is 5.84. The van der Waals surface area contributed by atoms with Gasteiger partial charge in [0.1, 0.15) is 12.3 Å². The van der Waals surface area contributed by atoms with E-state index >= 15 is 0 Å². The molecule has 1 amide bonds. The van der Waals surface area contributed by atoms with E-state index in [1.165, 1.54) is 6.92 Å². The van der Waals surface area contributed by atoms with Gasteiger partial charge in [0.2, 0.25) is 0 Å². The first-order chi connectivity index (χ1) is 13.8. The van der Waals surface area contributed by atoms with E-state index in [4.69, 9.17) is 9.47 Å². The van der Waals surface area contributed by atoms with E-state index in [2.05, 4.69) is 5.32 Å². The van der Waals surface area contributed by atoms with Crippen LogP contribution in [0.1, 0.15) is 26.3 Å². The zero-order chi connectivity index (χ0) is 21.0. The second-order valence-electron chi connectivity index (χ2n) is 7.52. The maximum atomic E-state index is 12.4. The van der Waals surface area contributed by atoms with Gasteiger partial charge in [-0.2, -0.15) is 0 Å². The minimum absolute atomic E-state index is 0.0908. The van der Waals surface area contributed by atoms with Crippen molar-refractivity contribution in [3.63, 3.8) is 0 Å². The molecule has 1 aliphatic heterocycles. The van der Waals surface area contributed by atoms with Crippen LogP contribution in [0, 0.1) is 0 Å². The summed E-state index contributed by atoms with van der Waals surface area (Å²) >= 11 is 0. The van der Waals surface area contributed by atoms with Gasteiger partial charge in [-0.1, -0.05) is 54.6 Å². The van der Waals surface area contributed by atoms with E-state index in [0.717, 1.165) is 16.7 Å². The van der Waals surface area contributed by atoms with Gasteiger partial charge in [-0.25, -0.2) is 5.48 Å². The maximum Gasteiger partial charge on any atom is 0.278 e. The number of rotatable bonds is 7. The van der Waals surface area contributed by atoms with Gasteiger partial charge in [0.05, 0.1) is 18.8 Å². The summed E-state index contributed by atoms with van der Waals surface area (Å²) < 4.78 is 11.5. The lowest BCUT2D eigenvalue weighted by atomic mass is 9.89. The molecule has 0 spiro atoms. The minimum atomic E-state index is -1.67. The number of benzene rings is 2. The summed E-state index contributed by atoms with van der Waals surface area (Å²) in [4.78, 5) is 12.4. The molecular formula is C22H28N2O5. The Labute approximate surface area is 170 Å². The van der Waals surface area contributed by atoms with Crippen LogP contribution in [0.15, 0.2) is 54.6 Å². The molecular weight excluding hydrogens is 372 g/mol. The first kappa shape index (κ1) is 21.4. The van der Waals surface area contributed by atoms with Crippen LogP contribution < -0.4 is 10.8 Å². The van der Waals surface area contributed by atoms with Gasteiger partial charge in [0.15, 0.2) is 5.60 Å². The van der Waals surface area contributed by atoms with Crippen LogP contribution in [0.4, 0.5) is 0 Å². The summed E-state index contributed by atoms with van der Waals surface area (Å²) in [5, 5.41) is 23.2. The molecule has 5 atom stereocenters. The van der Waals surface area contributed by atoms with Crippen molar-refractivity contribution in [2.45, 2.75) is 57.5 Å². The molecule has 0 aliphatic carbocycles. The zero-order valence-corrected chi connectivity index (χ0v) is 16.8. The van der Waals surface area contributed by atoms with E-state index in [0.29, 0.717) is 0 Å². The normalized spacial score (nSPS) is 24.7. The van der Waals surface area contributed by atoms with Crippen molar-refractivity contribution in [3.8, 4) is 11.1 Å². The van der Waals surface area contributed by atoms with Crippen molar-refractivity contribution in [1.29, 1.82) is 0 Å². The average molecular weight is 400 g/mol. The van der Waals surface area contributed by atoms with Crippen molar-refractivity contribution in [1.82, 2.24) is 10.8 Å². The summed E-state index contributed by atoms with van der Waals surface area (Å²) in [6, 6.07) is 17.2. The van der Waals surface area contributed by atoms with Crippen LogP contribution in [0.25, 0.3) is 11.1 Å². The number of amides is 1. The fourth-order valence-electron chi connectivity index (χ4n) is 3.60. The van der Waals surface area contributed by atoms with Crippen molar-refractivity contribution in [2.75, 3.05) is 0 Å². The molecule has 2 aromatic carbocycles. The second kappa shape index (κ2) is 9.02. The quantitative estimate of drug-likeness (QED) is 0.420. The molecule has 3 unspecified atom stereocenters. The molecule has 29 heavy (non-hydrogen) atoms. The molecule has 7 heteroatoms. The highest BCUT2D eigenvalue weighted by Crippen LogP contribution is 2.27. The number of carbonyl (C=O) groups is 1. The predicted octanol–water partition coefficient (Wildman–Crippen LogP) is 2.22. The summed E-state index contributed by atoms with van der Waals surface area (Å²) in [7, 11) is 0. The molecule has 2 aromatic rings. The Morgan fingerprint density at radius 1 is 1.17 bits per heavy atom. The number of carbonyl (C=O) groups excluding carboxylic acids is 1. The Hall–Kier alpha value is -2.29. The molecule has 0 bridgehead atoms. The van der Waals surface area contributed by atoms with E-state index in [1.807, 2.05) is 68.4 Å². The van der Waals surface area contributed by atoms with Gasteiger partial charge in [-0.05, 0) is 37.5 Å². The molecule has 7 nitrogen and oxygen atoms in total. The predicted molar refractivity (Wildman–Crippen MR) is 108 cm³/mol. The number of aliphatic hydroxyl groups excluding tert-OH is 1. The van der Waals surface area contributed by atoms with Crippen molar-refractivity contribution in [3.05, 3.63) is 60.2 Å². The number of aliphatic hydroxyl groups is 1. The Morgan fingerprint density at radius 2 is 1.79 bits per heavy atom. The highest BCUT2D eigenvalue weighted by atomic mass is 16.5. The number of nitrogens with one attached hydrogen (secondary N) is 2. The van der Waals surface area contributed by atoms with Crippen molar-refractivity contribution < 1.29 is 24.6 Å². The van der Waals surface area contributed by atoms with Crippen LogP contribution in [0.5, 0.6) is 0 Å². The SMILES string of the molecule is CC1NC([C@H](O)[C@](C)(OCc2ccc(-c3ccccc3)cc2)C(=O)NO)C(C)O1. The molecule has 1 aliphatic rings. The number of ether oxygens (including phenoxy) is 2. The lowest BCUT2D eigenvalue weighted by Gasteiger charge is -2.36. The van der Waals surface area contributed by atoms with E-state index in [1.54, 1.807) is 5.48 Å². The van der Waals surface area contributed by atoms with Gasteiger partial charge >= 0.3 is 0 Å². The third-order valence-corrected chi connectivity index (χ3v) is 5.41. The summed E-state index contributed by atoms with van der Waals surface area (Å²) in [5.41, 5.74) is 2.95. The maximum absolute atomic E-state index is 12.4. The zero-order valence-electron chi connectivity index (χ0n) is 16.8. The van der Waals surface area contributed by atoms with Crippen molar-refractivity contribution in [2.24, 2.45) is 0 Å². The van der Waals surface area contributed by atoms with Gasteiger partial charge < -0.3 is 14.6 Å². The van der Waals surface area contributed by atoms with Crippen molar-refractivity contribution >= 4 is 5.91 Å². The largest absolute Gasteiger partial charge is 0.388 e. The fraction of sp³-hybridized carbons (Fsp3) is 0.409. The topological polar surface area (TPSA) is 100 Å². The highest BCUT2D eigenvalue weighted by Gasteiger charge is 2.49. The van der Waals surface area contributed by atoms with Crippen LogP contribution in [0.3, 0.4) is 0 Å². The third kappa shape index (κ3) is 4.66. The molecule has 1 heterocycles. The minimum Gasteiger partial charge on any atom is -0.388 e. The molecule has 1 saturated heterocycles. The van der Waals surface area contributed by atoms with Crippen LogP contribution in [-0.4, -0.2) is 46.3 Å². The first-order valence-corrected chi connectivity index (χ1v) is 9.67. The number of hydroxylamine groups is 1. The van der Waals surface area contributed by atoms with Gasteiger partial charge in [0.25, 0.3) is 5.91 Å². The third-order valence-electron chi connectivity index (χ3n) is 5.41. The standard InChI is InChI=1S/C22H28N2O5/c1-14-19(23-15(2)29-14)20(25)22(3,21(26)24-27)28-13-16-9-11-18(12-10-16)17-7-5-4-6-8-17/h4-12,14-15,19-20,23,25,27H,13H2,1-3H3,(H,24,26)/t14?,15?,19?,20-,22-/m0/s1. The molecule has 0 saturated carbocycles. The van der Waals surface area contributed by atoms with E-state index in [-0.39, 0.29) is 18.9 Å². The Balaban J connectivity index is 1.73. The summed E-state index contributed by atoms with van der Waals surface area (Å²) in [6.45, 7) is 5.18. The average Bonchev–Trinajstić information content (AvgIpc) is 3.09. The number of hydrogen-bond acceptors (Lipinski definition) is 6. The lowest BCUT2D eigenvalue weighted by molar-refractivity contribution is -0.176. The second-order valence-corrected chi connectivity index (χ2v) is 7.52. The smallest absolute Gasteiger partial charge is 0.278 e. The molecule has 156 valence electrons. The molecule has 0 aromatic heterocycles. The molecule has 0 radical (unpaired) electrons. The van der Waals surface area contributed by atoms with Crippen LogP contribution in [0.2, 0.25) is 0 Å². The van der Waals surface area contributed by atoms with Gasteiger partial charge in [0, 0.05) is 0 Å². The molecule has 4 N–H and O–H groups in total. The summed E-state index contributed by atoms with van der Waals surface area (Å²) in [6.07, 6.45) is -1.81. The monoisotopic (exact) mass is 400 g/mol. The lowest BCUT2D eigenvalue weighted by Crippen LogP contribution is -2.61. The Morgan fingerprint density at radius 3 is 2.34 bits per heavy atom. The Bertz CT molecular complexity index is 814. The van der Waals surface area contributed by atoms with Crippen LogP contribution in [-0.2, 0) is 20.9 Å². The van der Waals surface area contributed by atoms with E-state index < -0.39 is 23.7 Å². The first-order valence-electron chi connectivity index (χ1n) is 9.67. The fourth-order valence-corrected chi connectivity index (χ4v) is 3.60. The molecule has 3 rings (SSSR count). The number of hydrogen-bond donors (Lipinski definition) is 4. The van der Waals surface area contributed by atoms with Gasteiger partial charge in [-0.15, -0.1) is 0 Å². The summed E-state index contributed by atoms with van der Waals surface area (Å²) in [5.74, 6) is -0.820. The van der Waals surface area contributed by atoms with E-state index in [9.17, 15) is 15.1 Å². The Kier molecular flexibility index (Phi) is 6.66. The molecule has 1 fully saturated rings.